The minimum Gasteiger partial charge on any atom is -0.484 e. The molecule has 1 aromatic rings. The number of aryl methyl sites for hydroxylation is 2. The van der Waals surface area contributed by atoms with E-state index in [0.29, 0.717) is 11.2 Å². The molecule has 1 amide bonds. The third-order valence-electron chi connectivity index (χ3n) is 11.5. The number of hydrogen-bond donors (Lipinski definition) is 2. The summed E-state index contributed by atoms with van der Waals surface area (Å²) in [5, 5.41) is 0.528. The Labute approximate surface area is 260 Å². The maximum absolute atomic E-state index is 14.4. The first-order chi connectivity index (χ1) is 20.7. The number of carbonyl (C=O) groups is 1. The first-order valence-electron chi connectivity index (χ1n) is 17.9. The zero-order valence-electron chi connectivity index (χ0n) is 26.2. The number of thioether (sulfide) groups is 1. The fourth-order valence-electron chi connectivity index (χ4n) is 9.07. The zero-order chi connectivity index (χ0) is 28.6. The number of amides is 1. The van der Waals surface area contributed by atoms with E-state index in [1.165, 1.54) is 132 Å². The molecule has 5 nitrogen and oxygen atoms in total. The number of hydrogen-bond acceptors (Lipinski definition) is 5. The Morgan fingerprint density at radius 2 is 1.55 bits per heavy atom. The topological polar surface area (TPSA) is 53.6 Å². The van der Waals surface area contributed by atoms with E-state index >= 15 is 0 Å². The predicted octanol–water partition coefficient (Wildman–Crippen LogP) is 7.81. The summed E-state index contributed by atoms with van der Waals surface area (Å²) in [6.45, 7) is 1.91. The zero-order valence-corrected chi connectivity index (χ0v) is 27.0. The van der Waals surface area contributed by atoms with Crippen LogP contribution in [0.2, 0.25) is 0 Å². The Morgan fingerprint density at radius 3 is 2.26 bits per heavy atom. The van der Waals surface area contributed by atoms with Gasteiger partial charge in [-0.15, -0.1) is 0 Å². The monoisotopic (exact) mass is 595 g/mol. The van der Waals surface area contributed by atoms with Crippen LogP contribution < -0.4 is 15.6 Å². The molecule has 2 saturated heterocycles. The average Bonchev–Trinajstić information content (AvgIpc) is 3.76. The van der Waals surface area contributed by atoms with Crippen molar-refractivity contribution < 1.29 is 9.53 Å². The lowest BCUT2D eigenvalue weighted by Gasteiger charge is -2.47. The first-order valence-corrected chi connectivity index (χ1v) is 18.9. The van der Waals surface area contributed by atoms with E-state index in [-0.39, 0.29) is 18.2 Å². The van der Waals surface area contributed by atoms with Crippen molar-refractivity contribution in [3.8, 4) is 5.75 Å². The van der Waals surface area contributed by atoms with Crippen molar-refractivity contribution in [1.29, 1.82) is 0 Å². The van der Waals surface area contributed by atoms with E-state index in [1.54, 1.807) is 0 Å². The van der Waals surface area contributed by atoms with Crippen LogP contribution >= 0.6 is 11.8 Å². The number of carbonyl (C=O) groups excluding carboxylic acids is 1. The fourth-order valence-corrected chi connectivity index (χ4v) is 10.6. The second-order valence-corrected chi connectivity index (χ2v) is 15.6. The molecule has 6 rings (SSSR count). The molecule has 3 atom stereocenters. The molecule has 42 heavy (non-hydrogen) atoms. The number of hydrazine groups is 1. The third kappa shape index (κ3) is 7.51. The molecule has 0 spiro atoms. The molecule has 1 aromatic carbocycles. The van der Waals surface area contributed by atoms with Gasteiger partial charge in [-0.05, 0) is 91.7 Å². The van der Waals surface area contributed by atoms with Gasteiger partial charge in [-0.25, -0.2) is 5.43 Å². The molecule has 5 aliphatic rings. The molecule has 234 valence electrons. The molecule has 0 radical (unpaired) electrons. The highest BCUT2D eigenvalue weighted by Crippen LogP contribution is 2.43. The fraction of sp³-hybridized carbons (Fsp3) is 0.806. The largest absolute Gasteiger partial charge is 0.484 e. The minimum atomic E-state index is -0.304. The minimum absolute atomic E-state index is 0.137. The van der Waals surface area contributed by atoms with Crippen molar-refractivity contribution in [1.82, 2.24) is 15.8 Å². The van der Waals surface area contributed by atoms with Gasteiger partial charge < -0.3 is 9.64 Å². The Bertz CT molecular complexity index is 993. The van der Waals surface area contributed by atoms with Crippen molar-refractivity contribution in [2.75, 3.05) is 25.4 Å². The summed E-state index contributed by atoms with van der Waals surface area (Å²) in [6.07, 6.45) is 26.2. The van der Waals surface area contributed by atoms with E-state index in [4.69, 9.17) is 4.74 Å². The van der Waals surface area contributed by atoms with Crippen LogP contribution in [0.1, 0.15) is 127 Å². The highest BCUT2D eigenvalue weighted by molar-refractivity contribution is 8.00. The lowest BCUT2D eigenvalue weighted by Crippen LogP contribution is -2.65. The SMILES string of the molecule is O=C(COc1ccc2c(c1)CCC2)N(CC1CC(C2CCCCCCC2)CS1)C1(C2CCCCCCCC2)CCNN1. The standard InChI is InChI=1S/C36H57N3O2S/c40-35(26-41-33-20-19-29-15-12-16-30(29)23-33)39(25-34-24-31(27-42-34)28-13-8-4-3-5-9-14-28)36(21-22-37-38-36)32-17-10-6-1-2-7-11-18-32/h19-20,23,28,31-32,34,37-38H,1-18,21-22,24-27H2. The van der Waals surface area contributed by atoms with Gasteiger partial charge in [-0.2, -0.15) is 11.8 Å². The van der Waals surface area contributed by atoms with E-state index < -0.39 is 0 Å². The van der Waals surface area contributed by atoms with Gasteiger partial charge in [0.2, 0.25) is 0 Å². The van der Waals surface area contributed by atoms with Crippen molar-refractivity contribution in [2.45, 2.75) is 139 Å². The summed E-state index contributed by atoms with van der Waals surface area (Å²) in [4.78, 5) is 16.7. The molecule has 6 heteroatoms. The van der Waals surface area contributed by atoms with Crippen LogP contribution in [0.4, 0.5) is 0 Å². The van der Waals surface area contributed by atoms with Gasteiger partial charge in [0, 0.05) is 18.3 Å². The molecular weight excluding hydrogens is 538 g/mol. The van der Waals surface area contributed by atoms with Gasteiger partial charge in [0.1, 0.15) is 11.4 Å². The molecule has 3 unspecified atom stereocenters. The van der Waals surface area contributed by atoms with Gasteiger partial charge >= 0.3 is 0 Å². The molecular formula is C36H57N3O2S. The molecule has 2 heterocycles. The second-order valence-electron chi connectivity index (χ2n) is 14.3. The van der Waals surface area contributed by atoms with Crippen molar-refractivity contribution in [2.24, 2.45) is 17.8 Å². The molecule has 2 N–H and O–H groups in total. The van der Waals surface area contributed by atoms with Crippen molar-refractivity contribution in [3.05, 3.63) is 29.3 Å². The van der Waals surface area contributed by atoms with E-state index in [2.05, 4.69) is 45.7 Å². The van der Waals surface area contributed by atoms with Crippen molar-refractivity contribution >= 4 is 17.7 Å². The number of nitrogens with one attached hydrogen (secondary N) is 2. The highest BCUT2D eigenvalue weighted by atomic mass is 32.2. The lowest BCUT2D eigenvalue weighted by molar-refractivity contribution is -0.145. The maximum Gasteiger partial charge on any atom is 0.262 e. The summed E-state index contributed by atoms with van der Waals surface area (Å²) < 4.78 is 6.29. The van der Waals surface area contributed by atoms with Crippen LogP contribution in [0, 0.1) is 17.8 Å². The molecule has 2 aliphatic heterocycles. The quantitative estimate of drug-likeness (QED) is 0.321. The van der Waals surface area contributed by atoms with Gasteiger partial charge in [0.15, 0.2) is 6.61 Å². The third-order valence-corrected chi connectivity index (χ3v) is 12.9. The number of ether oxygens (including phenoxy) is 1. The maximum atomic E-state index is 14.4. The smallest absolute Gasteiger partial charge is 0.262 e. The molecule has 2 saturated carbocycles. The van der Waals surface area contributed by atoms with Gasteiger partial charge in [0.05, 0.1) is 0 Å². The van der Waals surface area contributed by atoms with E-state index in [1.807, 2.05) is 0 Å². The number of benzene rings is 1. The van der Waals surface area contributed by atoms with Crippen LogP contribution in [-0.4, -0.2) is 47.2 Å². The second kappa shape index (κ2) is 15.2. The lowest BCUT2D eigenvalue weighted by atomic mass is 9.80. The van der Waals surface area contributed by atoms with Crippen LogP contribution in [0.25, 0.3) is 0 Å². The first kappa shape index (κ1) is 30.8. The number of fused-ring (bicyclic) bond motifs is 1. The van der Waals surface area contributed by atoms with Gasteiger partial charge in [-0.1, -0.05) is 89.5 Å². The summed E-state index contributed by atoms with van der Waals surface area (Å²) in [5.74, 6) is 4.52. The Hall–Kier alpha value is -1.24. The summed E-state index contributed by atoms with van der Waals surface area (Å²) >= 11 is 2.16. The van der Waals surface area contributed by atoms with Crippen LogP contribution in [0.3, 0.4) is 0 Å². The van der Waals surface area contributed by atoms with Crippen molar-refractivity contribution in [3.63, 3.8) is 0 Å². The molecule has 0 aromatic heterocycles. The highest BCUT2D eigenvalue weighted by Gasteiger charge is 2.49. The van der Waals surface area contributed by atoms with Crippen LogP contribution in [-0.2, 0) is 17.6 Å². The Kier molecular flexibility index (Phi) is 11.1. The number of rotatable bonds is 8. The predicted molar refractivity (Wildman–Crippen MR) is 175 cm³/mol. The Morgan fingerprint density at radius 1 is 0.857 bits per heavy atom. The summed E-state index contributed by atoms with van der Waals surface area (Å²) in [7, 11) is 0. The number of nitrogens with zero attached hydrogens (tertiary/aromatic N) is 1. The van der Waals surface area contributed by atoms with E-state index in [0.717, 1.165) is 43.5 Å². The summed E-state index contributed by atoms with van der Waals surface area (Å²) in [6, 6.07) is 6.49. The van der Waals surface area contributed by atoms with Gasteiger partial charge in [-0.3, -0.25) is 10.2 Å². The molecule has 3 aliphatic carbocycles. The molecule has 4 fully saturated rings. The molecule has 0 bridgehead atoms. The average molecular weight is 596 g/mol. The van der Waals surface area contributed by atoms with Gasteiger partial charge in [0.25, 0.3) is 5.91 Å². The van der Waals surface area contributed by atoms with Crippen LogP contribution in [0.15, 0.2) is 18.2 Å². The normalized spacial score (nSPS) is 30.1. The van der Waals surface area contributed by atoms with E-state index in [9.17, 15) is 4.79 Å². The Balaban J connectivity index is 1.19. The van der Waals surface area contributed by atoms with Crippen LogP contribution in [0.5, 0.6) is 5.75 Å². The summed E-state index contributed by atoms with van der Waals surface area (Å²) in [5.41, 5.74) is 9.84.